The van der Waals surface area contributed by atoms with Crippen LogP contribution < -0.4 is 5.32 Å². The van der Waals surface area contributed by atoms with E-state index in [1.165, 1.54) is 18.3 Å². The van der Waals surface area contributed by atoms with E-state index in [0.717, 1.165) is 0 Å². The maximum atomic E-state index is 13.6. The van der Waals surface area contributed by atoms with E-state index in [1.54, 1.807) is 23.9 Å². The minimum absolute atomic E-state index is 0.156. The summed E-state index contributed by atoms with van der Waals surface area (Å²) in [4.78, 5) is 12.0. The quantitative estimate of drug-likeness (QED) is 0.903. The van der Waals surface area contributed by atoms with E-state index >= 15 is 0 Å². The summed E-state index contributed by atoms with van der Waals surface area (Å²) < 4.78 is 15.8. The third kappa shape index (κ3) is 3.80. The lowest BCUT2D eigenvalue weighted by molar-refractivity contribution is -0.119. The van der Waals surface area contributed by atoms with Gasteiger partial charge in [-0.2, -0.15) is 5.10 Å². The molecule has 1 amide bonds. The molecule has 1 N–H and O–H groups in total. The Hall–Kier alpha value is -1.40. The molecule has 20 heavy (non-hydrogen) atoms. The largest absolute Gasteiger partial charge is 0.323 e. The molecule has 0 saturated heterocycles. The van der Waals surface area contributed by atoms with Crippen LogP contribution in [0.1, 0.15) is 6.92 Å². The predicted molar refractivity (Wildman–Crippen MR) is 79.1 cm³/mol. The van der Waals surface area contributed by atoms with E-state index in [4.69, 9.17) is 11.6 Å². The normalized spacial score (nSPS) is 12.2. The first-order valence-electron chi connectivity index (χ1n) is 5.89. The van der Waals surface area contributed by atoms with Crippen molar-refractivity contribution in [3.63, 3.8) is 0 Å². The number of carbonyl (C=O) groups excluding carboxylic acids is 1. The van der Waals surface area contributed by atoms with Crippen LogP contribution in [0, 0.1) is 11.7 Å². The second-order valence-corrected chi connectivity index (χ2v) is 5.75. The van der Waals surface area contributed by atoms with Crippen LogP contribution in [-0.4, -0.2) is 15.7 Å². The number of hydrogen-bond donors (Lipinski definition) is 1. The summed E-state index contributed by atoms with van der Waals surface area (Å²) in [5.74, 6) is -1.13. The molecule has 2 aromatic rings. The zero-order valence-corrected chi connectivity index (χ0v) is 12.9. The molecule has 1 heterocycles. The predicted octanol–water partition coefficient (Wildman–Crippen LogP) is 3.71. The molecule has 0 spiro atoms. The molecule has 1 unspecified atom stereocenters. The first-order valence-corrected chi connectivity index (χ1v) is 7.06. The zero-order valence-electron chi connectivity index (χ0n) is 10.6. The van der Waals surface area contributed by atoms with Gasteiger partial charge >= 0.3 is 0 Å². The Balaban J connectivity index is 2.00. The molecular formula is C13H12BrClFN3O. The first-order chi connectivity index (χ1) is 9.45. The van der Waals surface area contributed by atoms with Crippen molar-refractivity contribution in [2.45, 2.75) is 13.5 Å². The van der Waals surface area contributed by atoms with Crippen molar-refractivity contribution in [1.29, 1.82) is 0 Å². The summed E-state index contributed by atoms with van der Waals surface area (Å²) in [5.41, 5.74) is 0.156. The number of anilines is 1. The lowest BCUT2D eigenvalue weighted by Gasteiger charge is -2.13. The minimum Gasteiger partial charge on any atom is -0.323 e. The summed E-state index contributed by atoms with van der Waals surface area (Å²) >= 11 is 8.91. The highest BCUT2D eigenvalue weighted by atomic mass is 79.9. The number of amides is 1. The number of halogens is 3. The van der Waals surface area contributed by atoms with Crippen LogP contribution in [0.25, 0.3) is 0 Å². The van der Waals surface area contributed by atoms with Gasteiger partial charge in [-0.25, -0.2) is 4.39 Å². The Morgan fingerprint density at radius 1 is 1.60 bits per heavy atom. The number of nitrogens with zero attached hydrogens (tertiary/aromatic N) is 2. The molecule has 1 aromatic heterocycles. The van der Waals surface area contributed by atoms with Crippen molar-refractivity contribution in [1.82, 2.24) is 9.78 Å². The SMILES string of the molecule is CC(Cn1cc(Cl)cn1)C(=O)Nc1ccc(Br)cc1F. The second kappa shape index (κ2) is 6.37. The number of benzene rings is 1. The van der Waals surface area contributed by atoms with Crippen molar-refractivity contribution < 1.29 is 9.18 Å². The van der Waals surface area contributed by atoms with Crippen LogP contribution in [0.2, 0.25) is 5.02 Å². The van der Waals surface area contributed by atoms with Crippen molar-refractivity contribution in [2.75, 3.05) is 5.32 Å². The van der Waals surface area contributed by atoms with Crippen LogP contribution in [0.15, 0.2) is 35.1 Å². The summed E-state index contributed by atoms with van der Waals surface area (Å²) in [6.45, 7) is 2.11. The average molecular weight is 361 g/mol. The summed E-state index contributed by atoms with van der Waals surface area (Å²) in [5, 5.41) is 7.06. The third-order valence-corrected chi connectivity index (χ3v) is 3.39. The van der Waals surface area contributed by atoms with E-state index in [2.05, 4.69) is 26.3 Å². The van der Waals surface area contributed by atoms with Crippen LogP contribution in [-0.2, 0) is 11.3 Å². The smallest absolute Gasteiger partial charge is 0.229 e. The fourth-order valence-corrected chi connectivity index (χ4v) is 2.14. The highest BCUT2D eigenvalue weighted by Gasteiger charge is 2.16. The molecule has 0 aliphatic rings. The number of aromatic nitrogens is 2. The highest BCUT2D eigenvalue weighted by Crippen LogP contribution is 2.20. The molecule has 0 saturated carbocycles. The standard InChI is InChI=1S/C13H12BrClFN3O/c1-8(6-19-7-10(15)5-17-19)13(20)18-12-3-2-9(14)4-11(12)16/h2-5,7-8H,6H2,1H3,(H,18,20). The molecule has 0 bridgehead atoms. The fraction of sp³-hybridized carbons (Fsp3) is 0.231. The van der Waals surface area contributed by atoms with Gasteiger partial charge in [0, 0.05) is 10.7 Å². The van der Waals surface area contributed by atoms with Crippen LogP contribution in [0.4, 0.5) is 10.1 Å². The average Bonchev–Trinajstić information content (AvgIpc) is 2.78. The van der Waals surface area contributed by atoms with Gasteiger partial charge in [0.1, 0.15) is 5.82 Å². The van der Waals surface area contributed by atoms with Gasteiger partial charge in [-0.05, 0) is 18.2 Å². The Labute approximate surface area is 129 Å². The van der Waals surface area contributed by atoms with Crippen molar-refractivity contribution >= 4 is 39.1 Å². The number of nitrogens with one attached hydrogen (secondary N) is 1. The van der Waals surface area contributed by atoms with Crippen LogP contribution in [0.5, 0.6) is 0 Å². The Morgan fingerprint density at radius 2 is 2.35 bits per heavy atom. The molecule has 1 atom stereocenters. The van der Waals surface area contributed by atoms with E-state index in [1.807, 2.05) is 0 Å². The van der Waals surface area contributed by atoms with Gasteiger partial charge < -0.3 is 5.32 Å². The molecule has 0 aliphatic carbocycles. The Bertz CT molecular complexity index is 632. The second-order valence-electron chi connectivity index (χ2n) is 4.40. The maximum Gasteiger partial charge on any atom is 0.229 e. The summed E-state index contributed by atoms with van der Waals surface area (Å²) in [7, 11) is 0. The van der Waals surface area contributed by atoms with E-state index in [-0.39, 0.29) is 17.5 Å². The van der Waals surface area contributed by atoms with Crippen LogP contribution >= 0.6 is 27.5 Å². The van der Waals surface area contributed by atoms with Gasteiger partial charge in [-0.1, -0.05) is 34.5 Å². The molecule has 7 heteroatoms. The lowest BCUT2D eigenvalue weighted by Crippen LogP contribution is -2.25. The first kappa shape index (κ1) is 15.0. The fourth-order valence-electron chi connectivity index (χ4n) is 1.65. The summed E-state index contributed by atoms with van der Waals surface area (Å²) in [6.07, 6.45) is 3.13. The number of hydrogen-bond acceptors (Lipinski definition) is 2. The highest BCUT2D eigenvalue weighted by molar-refractivity contribution is 9.10. The minimum atomic E-state index is -0.484. The molecule has 106 valence electrons. The molecule has 0 radical (unpaired) electrons. The van der Waals surface area contributed by atoms with Crippen molar-refractivity contribution in [3.8, 4) is 0 Å². The van der Waals surface area contributed by atoms with Gasteiger partial charge in [0.25, 0.3) is 0 Å². The lowest BCUT2D eigenvalue weighted by atomic mass is 10.1. The molecule has 2 rings (SSSR count). The summed E-state index contributed by atoms with van der Waals surface area (Å²) in [6, 6.07) is 4.47. The Kier molecular flexibility index (Phi) is 4.77. The molecule has 0 aliphatic heterocycles. The Morgan fingerprint density at radius 3 is 2.95 bits per heavy atom. The van der Waals surface area contributed by atoms with E-state index < -0.39 is 5.82 Å². The maximum absolute atomic E-state index is 13.6. The van der Waals surface area contributed by atoms with Gasteiger partial charge in [0.05, 0.1) is 29.4 Å². The number of rotatable bonds is 4. The molecule has 1 aromatic carbocycles. The molecular weight excluding hydrogens is 349 g/mol. The van der Waals surface area contributed by atoms with Gasteiger partial charge in [-0.3, -0.25) is 9.48 Å². The van der Waals surface area contributed by atoms with Crippen LogP contribution in [0.3, 0.4) is 0 Å². The monoisotopic (exact) mass is 359 g/mol. The van der Waals surface area contributed by atoms with E-state index in [9.17, 15) is 9.18 Å². The van der Waals surface area contributed by atoms with Gasteiger partial charge in [-0.15, -0.1) is 0 Å². The topological polar surface area (TPSA) is 46.9 Å². The molecule has 4 nitrogen and oxygen atoms in total. The zero-order chi connectivity index (χ0) is 14.7. The van der Waals surface area contributed by atoms with Crippen molar-refractivity contribution in [3.05, 3.63) is 45.9 Å². The number of carbonyl (C=O) groups is 1. The van der Waals surface area contributed by atoms with Gasteiger partial charge in [0.15, 0.2) is 0 Å². The van der Waals surface area contributed by atoms with Crippen molar-refractivity contribution in [2.24, 2.45) is 5.92 Å². The molecule has 0 fully saturated rings. The third-order valence-electron chi connectivity index (χ3n) is 2.70. The van der Waals surface area contributed by atoms with Gasteiger partial charge in [0.2, 0.25) is 5.91 Å². The van der Waals surface area contributed by atoms with E-state index in [0.29, 0.717) is 16.0 Å².